The first-order chi connectivity index (χ1) is 18.9. The molecule has 5 aromatic rings. The van der Waals surface area contributed by atoms with E-state index in [1.807, 2.05) is 30.3 Å². The fourth-order valence-corrected chi connectivity index (χ4v) is 5.32. The Morgan fingerprint density at radius 2 is 1.92 bits per heavy atom. The summed E-state index contributed by atoms with van der Waals surface area (Å²) in [7, 11) is 0. The molecular formula is C26H23ClIN7O4. The number of hydrogen-bond acceptors (Lipinski definition) is 9. The monoisotopic (exact) mass is 659 g/mol. The summed E-state index contributed by atoms with van der Waals surface area (Å²) < 4.78 is 8.41. The number of benzene rings is 2. The van der Waals surface area contributed by atoms with E-state index in [9.17, 15) is 15.3 Å². The van der Waals surface area contributed by atoms with Crippen molar-refractivity contribution >= 4 is 51.2 Å². The van der Waals surface area contributed by atoms with Gasteiger partial charge in [-0.1, -0.05) is 35.9 Å². The van der Waals surface area contributed by atoms with Gasteiger partial charge < -0.3 is 25.4 Å². The number of imidazole rings is 1. The van der Waals surface area contributed by atoms with E-state index in [1.54, 1.807) is 22.9 Å². The maximum atomic E-state index is 10.7. The van der Waals surface area contributed by atoms with E-state index in [2.05, 4.69) is 49.2 Å². The number of nitrogens with one attached hydrogen (secondary N) is 2. The lowest BCUT2D eigenvalue weighted by molar-refractivity contribution is -0.0511. The predicted octanol–water partition coefficient (Wildman–Crippen LogP) is 3.37. The van der Waals surface area contributed by atoms with Gasteiger partial charge in [0.2, 0.25) is 0 Å². The highest BCUT2D eigenvalue weighted by Gasteiger charge is 2.44. The SMILES string of the molecule is OC[C@H]1O[C@@H](n2cnc3c(NCc4cccc(I)c4)nc(-c4[nH]ncc4-c4ccc(Cl)cc4)nc32)[C@H](O)[C@@H]1O. The zero-order chi connectivity index (χ0) is 27.1. The van der Waals surface area contributed by atoms with Gasteiger partial charge in [0.1, 0.15) is 24.0 Å². The van der Waals surface area contributed by atoms with Crippen LogP contribution in [0.15, 0.2) is 61.1 Å². The number of rotatable bonds is 7. The van der Waals surface area contributed by atoms with Gasteiger partial charge in [-0.2, -0.15) is 5.10 Å². The van der Waals surface area contributed by atoms with E-state index in [4.69, 9.17) is 26.3 Å². The zero-order valence-corrected chi connectivity index (χ0v) is 23.2. The molecule has 11 nitrogen and oxygen atoms in total. The van der Waals surface area contributed by atoms with Crippen molar-refractivity contribution in [3.8, 4) is 22.6 Å². The number of halogens is 2. The highest BCUT2D eigenvalue weighted by atomic mass is 127. The number of anilines is 1. The van der Waals surface area contributed by atoms with Gasteiger partial charge in [-0.15, -0.1) is 0 Å². The second-order valence-electron chi connectivity index (χ2n) is 9.10. The number of fused-ring (bicyclic) bond motifs is 1. The second-order valence-corrected chi connectivity index (χ2v) is 10.8. The number of aliphatic hydroxyl groups excluding tert-OH is 3. The molecule has 1 aliphatic heterocycles. The molecule has 0 amide bonds. The Morgan fingerprint density at radius 3 is 2.67 bits per heavy atom. The third-order valence-corrected chi connectivity index (χ3v) is 7.50. The normalized spacial score (nSPS) is 21.1. The number of aliphatic hydroxyl groups is 3. The Bertz CT molecular complexity index is 1630. The van der Waals surface area contributed by atoms with Gasteiger partial charge in [0.15, 0.2) is 29.0 Å². The van der Waals surface area contributed by atoms with Crippen LogP contribution in [-0.2, 0) is 11.3 Å². The molecule has 1 saturated heterocycles. The zero-order valence-electron chi connectivity index (χ0n) is 20.2. The van der Waals surface area contributed by atoms with E-state index in [0.717, 1.165) is 20.3 Å². The first-order valence-electron chi connectivity index (χ1n) is 12.1. The van der Waals surface area contributed by atoms with Gasteiger partial charge in [0.25, 0.3) is 0 Å². The minimum atomic E-state index is -1.29. The van der Waals surface area contributed by atoms with E-state index in [0.29, 0.717) is 40.1 Å². The molecule has 4 atom stereocenters. The smallest absolute Gasteiger partial charge is 0.182 e. The molecule has 5 N–H and O–H groups in total. The molecule has 0 aliphatic carbocycles. The second kappa shape index (κ2) is 10.8. The molecule has 13 heteroatoms. The lowest BCUT2D eigenvalue weighted by Gasteiger charge is -2.17. The Balaban J connectivity index is 1.46. The van der Waals surface area contributed by atoms with Crippen LogP contribution in [0.2, 0.25) is 5.02 Å². The predicted molar refractivity (Wildman–Crippen MR) is 153 cm³/mol. The van der Waals surface area contributed by atoms with Crippen LogP contribution in [-0.4, -0.2) is 70.0 Å². The highest BCUT2D eigenvalue weighted by molar-refractivity contribution is 14.1. The summed E-state index contributed by atoms with van der Waals surface area (Å²) in [6, 6.07) is 15.4. The Hall–Kier alpha value is -3.14. The fourth-order valence-electron chi connectivity index (χ4n) is 4.59. The van der Waals surface area contributed by atoms with Crippen molar-refractivity contribution in [3.63, 3.8) is 0 Å². The van der Waals surface area contributed by atoms with Gasteiger partial charge in [-0.3, -0.25) is 9.67 Å². The van der Waals surface area contributed by atoms with Crippen molar-refractivity contribution in [2.24, 2.45) is 0 Å². The molecule has 1 fully saturated rings. The quantitative estimate of drug-likeness (QED) is 0.166. The molecule has 0 unspecified atom stereocenters. The summed E-state index contributed by atoms with van der Waals surface area (Å²) in [5.74, 6) is 0.805. The first kappa shape index (κ1) is 26.1. The Morgan fingerprint density at radius 1 is 1.10 bits per heavy atom. The van der Waals surface area contributed by atoms with Gasteiger partial charge >= 0.3 is 0 Å². The maximum absolute atomic E-state index is 10.7. The summed E-state index contributed by atoms with van der Waals surface area (Å²) in [5.41, 5.74) is 4.10. The number of hydrogen-bond donors (Lipinski definition) is 5. The number of ether oxygens (including phenoxy) is 1. The minimum Gasteiger partial charge on any atom is -0.394 e. The molecular weight excluding hydrogens is 637 g/mol. The van der Waals surface area contributed by atoms with E-state index < -0.39 is 31.1 Å². The van der Waals surface area contributed by atoms with Crippen LogP contribution in [0.5, 0.6) is 0 Å². The fraction of sp³-hybridized carbons (Fsp3) is 0.231. The van der Waals surface area contributed by atoms with Gasteiger partial charge in [0, 0.05) is 20.7 Å². The molecule has 200 valence electrons. The van der Waals surface area contributed by atoms with Crippen LogP contribution in [0.4, 0.5) is 5.82 Å². The molecule has 0 spiro atoms. The van der Waals surface area contributed by atoms with E-state index in [1.165, 1.54) is 6.33 Å². The van der Waals surface area contributed by atoms with Crippen molar-refractivity contribution in [1.82, 2.24) is 29.7 Å². The first-order valence-corrected chi connectivity index (χ1v) is 13.5. The lowest BCUT2D eigenvalue weighted by Crippen LogP contribution is -2.33. The molecule has 0 saturated carbocycles. The average molecular weight is 660 g/mol. The van der Waals surface area contributed by atoms with Crippen molar-refractivity contribution in [3.05, 3.63) is 75.2 Å². The molecule has 2 aromatic carbocycles. The highest BCUT2D eigenvalue weighted by Crippen LogP contribution is 2.35. The van der Waals surface area contributed by atoms with Crippen LogP contribution >= 0.6 is 34.2 Å². The van der Waals surface area contributed by atoms with Crippen molar-refractivity contribution < 1.29 is 20.1 Å². The molecule has 39 heavy (non-hydrogen) atoms. The topological polar surface area (TPSA) is 154 Å². The van der Waals surface area contributed by atoms with Crippen LogP contribution in [0.1, 0.15) is 11.8 Å². The minimum absolute atomic E-state index is 0.337. The average Bonchev–Trinajstić information content (AvgIpc) is 3.66. The molecule has 0 radical (unpaired) electrons. The van der Waals surface area contributed by atoms with Gasteiger partial charge in [-0.25, -0.2) is 15.0 Å². The summed E-state index contributed by atoms with van der Waals surface area (Å²) in [6.07, 6.45) is -1.34. The van der Waals surface area contributed by atoms with Gasteiger partial charge in [-0.05, 0) is 58.0 Å². The molecule has 0 bridgehead atoms. The Kier molecular flexibility index (Phi) is 7.22. The number of aromatic amines is 1. The Labute approximate surface area is 241 Å². The number of H-pyrrole nitrogens is 1. The van der Waals surface area contributed by atoms with Crippen LogP contribution < -0.4 is 5.32 Å². The number of aromatic nitrogens is 6. The van der Waals surface area contributed by atoms with Crippen LogP contribution in [0, 0.1) is 3.57 Å². The third-order valence-electron chi connectivity index (χ3n) is 6.58. The third kappa shape index (κ3) is 4.99. The van der Waals surface area contributed by atoms with Crippen molar-refractivity contribution in [1.29, 1.82) is 0 Å². The largest absolute Gasteiger partial charge is 0.394 e. The standard InChI is InChI=1S/C26H23ClIN7O4/c27-15-6-4-14(5-7-15)17-10-31-34-19(17)24-32-23(29-9-13-2-1-3-16(28)8-13)20-25(33-24)35(12-30-20)26-22(38)21(37)18(11-36)39-26/h1-8,10,12,18,21-22,26,36-38H,9,11H2,(H,31,34)(H,29,32,33)/t18-,21-,22-,26-/m1/s1. The molecule has 6 rings (SSSR count). The lowest BCUT2D eigenvalue weighted by atomic mass is 10.1. The molecule has 4 heterocycles. The van der Waals surface area contributed by atoms with Crippen LogP contribution in [0.25, 0.3) is 33.8 Å². The summed E-state index contributed by atoms with van der Waals surface area (Å²) in [4.78, 5) is 14.1. The van der Waals surface area contributed by atoms with E-state index in [-0.39, 0.29) is 0 Å². The maximum Gasteiger partial charge on any atom is 0.182 e. The van der Waals surface area contributed by atoms with Gasteiger partial charge in [0.05, 0.1) is 19.1 Å². The summed E-state index contributed by atoms with van der Waals surface area (Å²) >= 11 is 8.35. The molecule has 3 aromatic heterocycles. The number of nitrogens with zero attached hydrogens (tertiary/aromatic N) is 5. The van der Waals surface area contributed by atoms with E-state index >= 15 is 0 Å². The summed E-state index contributed by atoms with van der Waals surface area (Å²) in [6.45, 7) is 0.0407. The van der Waals surface area contributed by atoms with Crippen molar-refractivity contribution in [2.45, 2.75) is 31.1 Å². The van der Waals surface area contributed by atoms with Crippen LogP contribution in [0.3, 0.4) is 0 Å². The molecule has 1 aliphatic rings. The van der Waals surface area contributed by atoms with Crippen molar-refractivity contribution in [2.75, 3.05) is 11.9 Å². The summed E-state index contributed by atoms with van der Waals surface area (Å²) in [5, 5.41) is 41.8.